The van der Waals surface area contributed by atoms with Crippen molar-refractivity contribution < 1.29 is 15.0 Å². The number of hydrogen-bond donors (Lipinski definition) is 4. The molecule has 5 unspecified atom stereocenters. The lowest BCUT2D eigenvalue weighted by atomic mass is 9.47. The van der Waals surface area contributed by atoms with Gasteiger partial charge in [-0.05, 0) is 37.0 Å². The number of aliphatic hydroxyl groups is 2. The van der Waals surface area contributed by atoms with E-state index >= 15 is 0 Å². The van der Waals surface area contributed by atoms with Gasteiger partial charge in [0.15, 0.2) is 5.13 Å². The lowest BCUT2D eigenvalue weighted by Gasteiger charge is -2.58. The van der Waals surface area contributed by atoms with E-state index in [-0.39, 0.29) is 36.3 Å². The summed E-state index contributed by atoms with van der Waals surface area (Å²) < 4.78 is 0. The van der Waals surface area contributed by atoms with Gasteiger partial charge < -0.3 is 20.8 Å². The van der Waals surface area contributed by atoms with Crippen LogP contribution in [0, 0.1) is 29.1 Å². The maximum absolute atomic E-state index is 12.7. The average Bonchev–Trinajstić information content (AvgIpc) is 3.13. The number of carbonyl (C=O) groups excluding carboxylic acids is 1. The maximum Gasteiger partial charge on any atom is 0.221 e. The second kappa shape index (κ2) is 9.25. The topological polar surface area (TPSA) is 94.5 Å². The van der Waals surface area contributed by atoms with E-state index in [2.05, 4.69) is 30.4 Å². The van der Waals surface area contributed by atoms with Crippen molar-refractivity contribution in [1.82, 2.24) is 10.3 Å². The van der Waals surface area contributed by atoms with Crippen LogP contribution < -0.4 is 10.6 Å². The fourth-order valence-electron chi connectivity index (χ4n) is 5.50. The number of nitrogens with one attached hydrogen (secondary N) is 2. The molecule has 0 saturated heterocycles. The van der Waals surface area contributed by atoms with Gasteiger partial charge in [0, 0.05) is 29.2 Å². The number of anilines is 1. The smallest absolute Gasteiger partial charge is 0.221 e. The van der Waals surface area contributed by atoms with Gasteiger partial charge in [-0.3, -0.25) is 4.79 Å². The predicted molar refractivity (Wildman–Crippen MR) is 120 cm³/mol. The van der Waals surface area contributed by atoms with E-state index in [1.165, 1.54) is 4.88 Å². The van der Waals surface area contributed by atoms with Crippen LogP contribution in [0.1, 0.15) is 69.4 Å². The summed E-state index contributed by atoms with van der Waals surface area (Å²) in [5.41, 5.74) is 0.176. The van der Waals surface area contributed by atoms with Gasteiger partial charge in [0.25, 0.3) is 0 Å². The Morgan fingerprint density at radius 2 is 2.20 bits per heavy atom. The normalized spacial score (nSPS) is 32.6. The van der Waals surface area contributed by atoms with Gasteiger partial charge in [-0.15, -0.1) is 17.8 Å². The highest BCUT2D eigenvalue weighted by Gasteiger charge is 2.59. The Kier molecular flexibility index (Phi) is 7.11. The molecule has 1 aromatic rings. The summed E-state index contributed by atoms with van der Waals surface area (Å²) >= 11 is 1.65. The minimum absolute atomic E-state index is 0.0691. The minimum atomic E-state index is -0.599. The molecule has 2 aliphatic rings. The first kappa shape index (κ1) is 23.1. The molecule has 4 N–H and O–H groups in total. The number of amides is 1. The van der Waals surface area contributed by atoms with E-state index in [1.807, 2.05) is 6.92 Å². The highest BCUT2D eigenvalue weighted by atomic mass is 32.1. The van der Waals surface area contributed by atoms with Crippen molar-refractivity contribution in [1.29, 1.82) is 0 Å². The molecule has 1 amide bonds. The molecule has 7 heteroatoms. The molecule has 166 valence electrons. The van der Waals surface area contributed by atoms with Gasteiger partial charge in [0.1, 0.15) is 0 Å². The summed E-state index contributed by atoms with van der Waals surface area (Å²) in [7, 11) is 0. The third kappa shape index (κ3) is 4.10. The van der Waals surface area contributed by atoms with Crippen LogP contribution in [0.4, 0.5) is 5.13 Å². The maximum atomic E-state index is 12.7. The number of hydrogen-bond acceptors (Lipinski definition) is 6. The molecule has 0 bridgehead atoms. The van der Waals surface area contributed by atoms with Crippen molar-refractivity contribution in [3.63, 3.8) is 0 Å². The number of thiazole rings is 1. The summed E-state index contributed by atoms with van der Waals surface area (Å²) in [6.07, 6.45) is 9.47. The average molecular weight is 434 g/mol. The van der Waals surface area contributed by atoms with E-state index in [1.54, 1.807) is 11.3 Å². The summed E-state index contributed by atoms with van der Waals surface area (Å²) in [4.78, 5) is 18.8. The van der Waals surface area contributed by atoms with E-state index in [4.69, 9.17) is 11.4 Å². The molecule has 0 radical (unpaired) electrons. The zero-order chi connectivity index (χ0) is 21.9. The Bertz CT molecular complexity index is 804. The molecule has 1 saturated carbocycles. The molecule has 5 atom stereocenters. The third-order valence-electron chi connectivity index (χ3n) is 7.48. The largest absolute Gasteiger partial charge is 0.396 e. The summed E-state index contributed by atoms with van der Waals surface area (Å²) in [6.45, 7) is 7.38. The van der Waals surface area contributed by atoms with Crippen LogP contribution in [-0.2, 0) is 11.2 Å². The van der Waals surface area contributed by atoms with Gasteiger partial charge in [0.05, 0.1) is 24.9 Å². The van der Waals surface area contributed by atoms with E-state index in [9.17, 15) is 15.0 Å². The molecule has 0 aliphatic heterocycles. The molecule has 1 aromatic heterocycles. The number of terminal acetylenes is 1. The Labute approximate surface area is 183 Å². The highest BCUT2D eigenvalue weighted by molar-refractivity contribution is 7.15. The van der Waals surface area contributed by atoms with E-state index in [0.717, 1.165) is 43.1 Å². The summed E-state index contributed by atoms with van der Waals surface area (Å²) in [5.74, 6) is 2.39. The van der Waals surface area contributed by atoms with Crippen molar-refractivity contribution in [2.45, 2.75) is 71.3 Å². The Hall–Kier alpha value is -1.62. The lowest BCUT2D eigenvalue weighted by Crippen LogP contribution is -2.57. The first-order chi connectivity index (χ1) is 14.3. The molecule has 3 rings (SSSR count). The SMILES string of the molecule is C#CCNC(=O)CC1c2nc(NCCCC)sc2CC2C(C)(CO)C(O)CCC12C. The first-order valence-corrected chi connectivity index (χ1v) is 11.8. The summed E-state index contributed by atoms with van der Waals surface area (Å²) in [5, 5.41) is 28.2. The number of aromatic nitrogens is 1. The van der Waals surface area contributed by atoms with Crippen LogP contribution in [0.5, 0.6) is 0 Å². The quantitative estimate of drug-likeness (QED) is 0.374. The first-order valence-electron chi connectivity index (χ1n) is 11.0. The fraction of sp³-hybridized carbons (Fsp3) is 0.739. The third-order valence-corrected chi connectivity index (χ3v) is 8.53. The van der Waals surface area contributed by atoms with Crippen LogP contribution in [0.15, 0.2) is 0 Å². The van der Waals surface area contributed by atoms with Crippen molar-refractivity contribution in [2.24, 2.45) is 16.7 Å². The van der Waals surface area contributed by atoms with Crippen molar-refractivity contribution in [2.75, 3.05) is 25.0 Å². The number of rotatable bonds is 8. The standard InChI is InChI=1S/C23H35N3O3S/c1-5-7-11-25-21-26-20-15(12-19(29)24-10-6-2)22(3)9-8-18(28)23(4,14-27)17(22)13-16(20)30-21/h2,15,17-18,27-28H,5,7-14H2,1,3-4H3,(H,24,29)(H,25,26). The number of unbranched alkanes of at least 4 members (excludes halogenated alkanes) is 1. The van der Waals surface area contributed by atoms with Crippen LogP contribution in [0.2, 0.25) is 0 Å². The zero-order valence-corrected chi connectivity index (χ0v) is 19.1. The molecule has 0 aromatic carbocycles. The van der Waals surface area contributed by atoms with Crippen LogP contribution in [0.3, 0.4) is 0 Å². The fourth-order valence-corrected chi connectivity index (χ4v) is 6.59. The van der Waals surface area contributed by atoms with E-state index in [0.29, 0.717) is 12.8 Å². The molecule has 1 heterocycles. The molecular formula is C23H35N3O3S. The zero-order valence-electron chi connectivity index (χ0n) is 18.3. The van der Waals surface area contributed by atoms with E-state index < -0.39 is 11.5 Å². The monoisotopic (exact) mass is 433 g/mol. The molecule has 1 fully saturated rings. The Morgan fingerprint density at radius 3 is 2.87 bits per heavy atom. The van der Waals surface area contributed by atoms with Gasteiger partial charge in [0.2, 0.25) is 5.91 Å². The summed E-state index contributed by atoms with van der Waals surface area (Å²) in [6, 6.07) is 0. The Balaban J connectivity index is 1.99. The second-order valence-electron chi connectivity index (χ2n) is 9.33. The van der Waals surface area contributed by atoms with Gasteiger partial charge in [-0.2, -0.15) is 0 Å². The molecular weight excluding hydrogens is 398 g/mol. The molecule has 2 aliphatic carbocycles. The van der Waals surface area contributed by atoms with Gasteiger partial charge >= 0.3 is 0 Å². The van der Waals surface area contributed by atoms with Gasteiger partial charge in [-0.25, -0.2) is 4.98 Å². The van der Waals surface area contributed by atoms with Crippen LogP contribution in [-0.4, -0.2) is 46.9 Å². The highest BCUT2D eigenvalue weighted by Crippen LogP contribution is 2.62. The van der Waals surface area contributed by atoms with Crippen molar-refractivity contribution in [3.8, 4) is 12.3 Å². The van der Waals surface area contributed by atoms with Crippen LogP contribution >= 0.6 is 11.3 Å². The molecule has 30 heavy (non-hydrogen) atoms. The molecule has 6 nitrogen and oxygen atoms in total. The van der Waals surface area contributed by atoms with Crippen LogP contribution in [0.25, 0.3) is 0 Å². The number of fused-ring (bicyclic) bond motifs is 2. The predicted octanol–water partition coefficient (Wildman–Crippen LogP) is 2.91. The number of carbonyl (C=O) groups is 1. The van der Waals surface area contributed by atoms with Crippen molar-refractivity contribution >= 4 is 22.4 Å². The lowest BCUT2D eigenvalue weighted by molar-refractivity contribution is -0.144. The second-order valence-corrected chi connectivity index (χ2v) is 10.4. The molecule has 0 spiro atoms. The van der Waals surface area contributed by atoms with Crippen molar-refractivity contribution in [3.05, 3.63) is 10.6 Å². The minimum Gasteiger partial charge on any atom is -0.396 e. The Morgan fingerprint density at radius 1 is 1.43 bits per heavy atom. The number of aliphatic hydroxyl groups excluding tert-OH is 2. The van der Waals surface area contributed by atoms with Gasteiger partial charge in [-0.1, -0.05) is 33.1 Å². The number of nitrogens with zero attached hydrogens (tertiary/aromatic N) is 1.